The van der Waals surface area contributed by atoms with Crippen LogP contribution >= 0.6 is 0 Å². The fourth-order valence-electron chi connectivity index (χ4n) is 2.31. The van der Waals surface area contributed by atoms with Crippen molar-refractivity contribution in [1.82, 2.24) is 0 Å². The lowest BCUT2D eigenvalue weighted by Gasteiger charge is -2.22. The Morgan fingerprint density at radius 1 is 1.10 bits per heavy atom. The summed E-state index contributed by atoms with van der Waals surface area (Å²) < 4.78 is 5.68. The van der Waals surface area contributed by atoms with Gasteiger partial charge in [0.05, 0.1) is 18.8 Å². The minimum absolute atomic E-state index is 0.0844. The number of aliphatic hydroxyl groups excluding tert-OH is 2. The lowest BCUT2D eigenvalue weighted by atomic mass is 9.85. The molecule has 0 aliphatic carbocycles. The second-order valence-corrected chi connectivity index (χ2v) is 6.59. The van der Waals surface area contributed by atoms with Gasteiger partial charge >= 0.3 is 0 Å². The van der Waals surface area contributed by atoms with Gasteiger partial charge in [-0.15, -0.1) is 0 Å². The van der Waals surface area contributed by atoms with E-state index in [9.17, 15) is 10.2 Å². The van der Waals surface area contributed by atoms with Gasteiger partial charge in [-0.2, -0.15) is 0 Å². The van der Waals surface area contributed by atoms with Crippen molar-refractivity contribution in [1.29, 1.82) is 0 Å². The fourth-order valence-corrected chi connectivity index (χ4v) is 2.31. The van der Waals surface area contributed by atoms with Gasteiger partial charge < -0.3 is 14.9 Å². The summed E-state index contributed by atoms with van der Waals surface area (Å²) in [5, 5.41) is 19.6. The van der Waals surface area contributed by atoms with Gasteiger partial charge in [0.15, 0.2) is 0 Å². The third-order valence-electron chi connectivity index (χ3n) is 3.80. The SMILES string of the molecule is CCOc1ccc(C(C)(C)C)cc1CCC(O)C(O)CC. The summed E-state index contributed by atoms with van der Waals surface area (Å²) in [6, 6.07) is 6.28. The molecule has 0 radical (unpaired) electrons. The van der Waals surface area contributed by atoms with Crippen molar-refractivity contribution in [3.8, 4) is 5.75 Å². The number of aliphatic hydroxyl groups is 2. The summed E-state index contributed by atoms with van der Waals surface area (Å²) in [4.78, 5) is 0. The van der Waals surface area contributed by atoms with Crippen LogP contribution in [-0.2, 0) is 11.8 Å². The van der Waals surface area contributed by atoms with Crippen molar-refractivity contribution < 1.29 is 14.9 Å². The Bertz CT molecular complexity index is 435. The molecule has 1 aromatic rings. The lowest BCUT2D eigenvalue weighted by Crippen LogP contribution is -2.25. The minimum Gasteiger partial charge on any atom is -0.494 e. The molecule has 0 saturated heterocycles. The van der Waals surface area contributed by atoms with E-state index in [0.717, 1.165) is 11.3 Å². The molecular weight excluding hydrogens is 264 g/mol. The van der Waals surface area contributed by atoms with E-state index in [2.05, 4.69) is 32.9 Å². The van der Waals surface area contributed by atoms with Gasteiger partial charge in [0.2, 0.25) is 0 Å². The van der Waals surface area contributed by atoms with E-state index >= 15 is 0 Å². The van der Waals surface area contributed by atoms with Crippen LogP contribution in [0.15, 0.2) is 18.2 Å². The lowest BCUT2D eigenvalue weighted by molar-refractivity contribution is 0.0130. The van der Waals surface area contributed by atoms with E-state index in [-0.39, 0.29) is 5.41 Å². The van der Waals surface area contributed by atoms with Crippen molar-refractivity contribution in [3.63, 3.8) is 0 Å². The van der Waals surface area contributed by atoms with E-state index < -0.39 is 12.2 Å². The molecule has 21 heavy (non-hydrogen) atoms. The number of rotatable bonds is 7. The predicted molar refractivity (Wildman–Crippen MR) is 86.9 cm³/mol. The molecule has 0 spiro atoms. The highest BCUT2D eigenvalue weighted by Crippen LogP contribution is 2.29. The van der Waals surface area contributed by atoms with E-state index in [4.69, 9.17) is 4.74 Å². The number of aryl methyl sites for hydroxylation is 1. The van der Waals surface area contributed by atoms with Crippen LogP contribution in [0.4, 0.5) is 0 Å². The Morgan fingerprint density at radius 2 is 1.76 bits per heavy atom. The molecule has 0 heterocycles. The Balaban J connectivity index is 2.91. The van der Waals surface area contributed by atoms with Crippen molar-refractivity contribution >= 4 is 0 Å². The van der Waals surface area contributed by atoms with Crippen LogP contribution < -0.4 is 4.74 Å². The van der Waals surface area contributed by atoms with Crippen LogP contribution in [0.2, 0.25) is 0 Å². The van der Waals surface area contributed by atoms with Crippen molar-refractivity contribution in [2.24, 2.45) is 0 Å². The normalized spacial score (nSPS) is 14.8. The summed E-state index contributed by atoms with van der Waals surface area (Å²) in [5.41, 5.74) is 2.44. The summed E-state index contributed by atoms with van der Waals surface area (Å²) in [7, 11) is 0. The van der Waals surface area contributed by atoms with Crippen molar-refractivity contribution in [2.45, 2.75) is 71.5 Å². The topological polar surface area (TPSA) is 49.7 Å². The first-order valence-corrected chi connectivity index (χ1v) is 7.91. The van der Waals surface area contributed by atoms with Gasteiger partial charge in [-0.1, -0.05) is 39.8 Å². The maximum atomic E-state index is 9.94. The molecule has 0 fully saturated rings. The van der Waals surface area contributed by atoms with Gasteiger partial charge in [-0.3, -0.25) is 0 Å². The van der Waals surface area contributed by atoms with Crippen LogP contribution in [0.25, 0.3) is 0 Å². The van der Waals surface area contributed by atoms with E-state index in [1.807, 2.05) is 19.9 Å². The quantitative estimate of drug-likeness (QED) is 0.810. The van der Waals surface area contributed by atoms with Crippen molar-refractivity contribution in [3.05, 3.63) is 29.3 Å². The Morgan fingerprint density at radius 3 is 2.29 bits per heavy atom. The molecule has 1 rings (SSSR count). The number of hydrogen-bond donors (Lipinski definition) is 2. The number of ether oxygens (including phenoxy) is 1. The van der Waals surface area contributed by atoms with Crippen LogP contribution in [0.3, 0.4) is 0 Å². The third-order valence-corrected chi connectivity index (χ3v) is 3.80. The molecule has 1 aromatic carbocycles. The molecule has 3 nitrogen and oxygen atoms in total. The molecule has 2 unspecified atom stereocenters. The monoisotopic (exact) mass is 294 g/mol. The first-order valence-electron chi connectivity index (χ1n) is 7.91. The summed E-state index contributed by atoms with van der Waals surface area (Å²) in [6.45, 7) is 11.0. The summed E-state index contributed by atoms with van der Waals surface area (Å²) >= 11 is 0. The molecule has 2 atom stereocenters. The minimum atomic E-state index is -0.678. The number of benzene rings is 1. The first kappa shape index (κ1) is 18.0. The zero-order valence-electron chi connectivity index (χ0n) is 14.0. The summed E-state index contributed by atoms with van der Waals surface area (Å²) in [6.07, 6.45) is 0.496. The Hall–Kier alpha value is -1.06. The zero-order chi connectivity index (χ0) is 16.0. The van der Waals surface area contributed by atoms with Gasteiger partial charge in [0.1, 0.15) is 5.75 Å². The van der Waals surface area contributed by atoms with Gasteiger partial charge in [0, 0.05) is 0 Å². The second kappa shape index (κ2) is 7.81. The third kappa shape index (κ3) is 5.33. The molecule has 0 aromatic heterocycles. The van der Waals surface area contributed by atoms with Crippen LogP contribution in [0.5, 0.6) is 5.75 Å². The second-order valence-electron chi connectivity index (χ2n) is 6.59. The van der Waals surface area contributed by atoms with Gasteiger partial charge in [-0.05, 0) is 48.8 Å². The largest absolute Gasteiger partial charge is 0.494 e. The van der Waals surface area contributed by atoms with Crippen LogP contribution in [0.1, 0.15) is 58.6 Å². The van der Waals surface area contributed by atoms with Gasteiger partial charge in [0.25, 0.3) is 0 Å². The summed E-state index contributed by atoms with van der Waals surface area (Å²) in [5.74, 6) is 0.878. The van der Waals surface area contributed by atoms with Gasteiger partial charge in [-0.25, -0.2) is 0 Å². The molecule has 0 saturated carbocycles. The Labute approximate surface area is 129 Å². The highest BCUT2D eigenvalue weighted by Gasteiger charge is 2.18. The standard InChI is InChI=1S/C18H30O3/c1-6-15(19)16(20)10-8-13-12-14(18(3,4)5)9-11-17(13)21-7-2/h9,11-12,15-16,19-20H,6-8,10H2,1-5H3. The van der Waals surface area contributed by atoms with Crippen molar-refractivity contribution in [2.75, 3.05) is 6.61 Å². The Kier molecular flexibility index (Phi) is 6.69. The average Bonchev–Trinajstić information content (AvgIpc) is 2.44. The van der Waals surface area contributed by atoms with Crippen LogP contribution in [-0.4, -0.2) is 29.0 Å². The molecule has 0 amide bonds. The van der Waals surface area contributed by atoms with E-state index in [1.165, 1.54) is 5.56 Å². The predicted octanol–water partition coefficient (Wildman–Crippen LogP) is 3.45. The molecule has 2 N–H and O–H groups in total. The van der Waals surface area contributed by atoms with E-state index in [1.54, 1.807) is 0 Å². The molecule has 0 bridgehead atoms. The maximum absolute atomic E-state index is 9.94. The smallest absolute Gasteiger partial charge is 0.122 e. The molecule has 0 aliphatic heterocycles. The first-order chi connectivity index (χ1) is 9.79. The zero-order valence-corrected chi connectivity index (χ0v) is 14.0. The average molecular weight is 294 g/mol. The molecule has 0 aliphatic rings. The molecule has 120 valence electrons. The fraction of sp³-hybridized carbons (Fsp3) is 0.667. The highest BCUT2D eigenvalue weighted by molar-refractivity contribution is 5.40. The van der Waals surface area contributed by atoms with Crippen LogP contribution in [0, 0.1) is 0 Å². The highest BCUT2D eigenvalue weighted by atomic mass is 16.5. The maximum Gasteiger partial charge on any atom is 0.122 e. The molecule has 3 heteroatoms. The molecular formula is C18H30O3. The van der Waals surface area contributed by atoms with E-state index in [0.29, 0.717) is 25.9 Å². The number of hydrogen-bond acceptors (Lipinski definition) is 3.